The van der Waals surface area contributed by atoms with E-state index in [1.807, 2.05) is 36.4 Å². The van der Waals surface area contributed by atoms with Gasteiger partial charge in [0.05, 0.1) is 22.5 Å². The van der Waals surface area contributed by atoms with Crippen molar-refractivity contribution in [3.05, 3.63) is 96.1 Å². The molecule has 0 unspecified atom stereocenters. The lowest BCUT2D eigenvalue weighted by atomic mass is 10.0. The highest BCUT2D eigenvalue weighted by atomic mass is 19.1. The van der Waals surface area contributed by atoms with Gasteiger partial charge in [-0.25, -0.2) is 14.8 Å². The van der Waals surface area contributed by atoms with Crippen LogP contribution in [0.25, 0.3) is 22.2 Å². The zero-order valence-corrected chi connectivity index (χ0v) is 15.6. The number of hydrogen-bond donors (Lipinski definition) is 1. The summed E-state index contributed by atoms with van der Waals surface area (Å²) in [6.07, 6.45) is 3.36. The molecule has 142 valence electrons. The Morgan fingerprint density at radius 3 is 2.59 bits per heavy atom. The second kappa shape index (κ2) is 7.98. The first-order valence-corrected chi connectivity index (χ1v) is 9.02. The number of carbonyl (C=O) groups is 1. The quantitative estimate of drug-likeness (QED) is 0.413. The molecule has 0 aliphatic heterocycles. The van der Waals surface area contributed by atoms with Crippen molar-refractivity contribution in [3.8, 4) is 11.3 Å². The molecule has 0 radical (unpaired) electrons. The third-order valence-corrected chi connectivity index (χ3v) is 4.51. The van der Waals surface area contributed by atoms with E-state index in [0.29, 0.717) is 27.9 Å². The Labute approximate surface area is 167 Å². The maximum Gasteiger partial charge on any atom is 0.272 e. The Morgan fingerprint density at radius 2 is 1.83 bits per heavy atom. The van der Waals surface area contributed by atoms with E-state index in [4.69, 9.17) is 0 Å². The lowest BCUT2D eigenvalue weighted by Crippen LogP contribution is -2.20. The summed E-state index contributed by atoms with van der Waals surface area (Å²) < 4.78 is 13.3. The first-order chi connectivity index (χ1) is 14.1. The summed E-state index contributed by atoms with van der Waals surface area (Å²) in [7, 11) is 0. The Balaban J connectivity index is 1.72. The highest BCUT2D eigenvalue weighted by Crippen LogP contribution is 2.25. The van der Waals surface area contributed by atoms with E-state index in [-0.39, 0.29) is 11.7 Å². The largest absolute Gasteiger partial charge is 0.272 e. The van der Waals surface area contributed by atoms with Gasteiger partial charge in [-0.15, -0.1) is 0 Å². The van der Waals surface area contributed by atoms with Crippen LogP contribution in [-0.4, -0.2) is 21.6 Å². The molecule has 0 saturated carbocycles. The van der Waals surface area contributed by atoms with Gasteiger partial charge in [-0.3, -0.25) is 9.78 Å². The first-order valence-electron chi connectivity index (χ1n) is 9.02. The zero-order chi connectivity index (χ0) is 20.2. The topological polar surface area (TPSA) is 67.2 Å². The minimum Gasteiger partial charge on any atom is -0.267 e. The van der Waals surface area contributed by atoms with E-state index in [9.17, 15) is 9.18 Å². The summed E-state index contributed by atoms with van der Waals surface area (Å²) in [5.41, 5.74) is 6.50. The number of benzene rings is 2. The van der Waals surface area contributed by atoms with Gasteiger partial charge >= 0.3 is 0 Å². The maximum absolute atomic E-state index is 13.3. The molecule has 0 spiro atoms. The molecule has 0 aliphatic carbocycles. The molecule has 1 N–H and O–H groups in total. The number of pyridine rings is 2. The van der Waals surface area contributed by atoms with Crippen LogP contribution in [0.1, 0.15) is 22.8 Å². The number of hydrogen-bond acceptors (Lipinski definition) is 4. The lowest BCUT2D eigenvalue weighted by molar-refractivity contribution is 0.0956. The molecule has 6 heteroatoms. The molecule has 4 rings (SSSR count). The zero-order valence-electron chi connectivity index (χ0n) is 15.6. The second-order valence-electron chi connectivity index (χ2n) is 6.46. The number of amides is 1. The standard InChI is InChI=1S/C23H17FN4O/c1-15(17-5-4-12-25-14-17)27-28-23(29)20-13-22(16-8-10-18(24)11-9-16)26-21-7-3-2-6-19(20)21/h2-14H,1H3,(H,28,29)/b27-15+. The minimum absolute atomic E-state index is 0.326. The minimum atomic E-state index is -0.352. The highest BCUT2D eigenvalue weighted by molar-refractivity contribution is 6.08. The van der Waals surface area contributed by atoms with Crippen LogP contribution in [0.5, 0.6) is 0 Å². The van der Waals surface area contributed by atoms with Crippen molar-refractivity contribution in [1.82, 2.24) is 15.4 Å². The average Bonchev–Trinajstić information content (AvgIpc) is 2.77. The van der Waals surface area contributed by atoms with Crippen LogP contribution in [0.4, 0.5) is 4.39 Å². The van der Waals surface area contributed by atoms with E-state index < -0.39 is 0 Å². The number of rotatable bonds is 4. The van der Waals surface area contributed by atoms with E-state index in [2.05, 4.69) is 20.5 Å². The van der Waals surface area contributed by atoms with Crippen LogP contribution in [0.15, 0.2) is 84.2 Å². The van der Waals surface area contributed by atoms with Gasteiger partial charge < -0.3 is 0 Å². The molecule has 5 nitrogen and oxygen atoms in total. The van der Waals surface area contributed by atoms with Crippen molar-refractivity contribution in [3.63, 3.8) is 0 Å². The third kappa shape index (κ3) is 4.01. The van der Waals surface area contributed by atoms with Crippen molar-refractivity contribution in [1.29, 1.82) is 0 Å². The molecule has 1 amide bonds. The van der Waals surface area contributed by atoms with Gasteiger partial charge in [0.2, 0.25) is 0 Å². The molecule has 0 bridgehead atoms. The number of aromatic nitrogens is 2. The normalized spacial score (nSPS) is 11.4. The van der Waals surface area contributed by atoms with Crippen molar-refractivity contribution >= 4 is 22.5 Å². The SMILES string of the molecule is C/C(=N\NC(=O)c1cc(-c2ccc(F)cc2)nc2ccccc12)c1cccnc1. The number of nitrogens with one attached hydrogen (secondary N) is 1. The third-order valence-electron chi connectivity index (χ3n) is 4.51. The van der Waals surface area contributed by atoms with Crippen molar-refractivity contribution in [2.75, 3.05) is 0 Å². The number of halogens is 1. The van der Waals surface area contributed by atoms with Gasteiger partial charge in [-0.2, -0.15) is 5.10 Å². The van der Waals surface area contributed by atoms with E-state index in [1.165, 1.54) is 12.1 Å². The molecule has 2 aromatic carbocycles. The van der Waals surface area contributed by atoms with Gasteiger partial charge in [-0.05, 0) is 49.4 Å². The number of carbonyl (C=O) groups excluding carboxylic acids is 1. The van der Waals surface area contributed by atoms with Crippen molar-refractivity contribution < 1.29 is 9.18 Å². The fraction of sp³-hybridized carbons (Fsp3) is 0.0435. The first kappa shape index (κ1) is 18.4. The van der Waals surface area contributed by atoms with Crippen molar-refractivity contribution in [2.24, 2.45) is 5.10 Å². The van der Waals surface area contributed by atoms with Crippen LogP contribution in [0.3, 0.4) is 0 Å². The fourth-order valence-electron chi connectivity index (χ4n) is 2.97. The summed E-state index contributed by atoms with van der Waals surface area (Å²) in [6, 6.07) is 18.8. The Bertz CT molecular complexity index is 1200. The number of fused-ring (bicyclic) bond motifs is 1. The van der Waals surface area contributed by atoms with Gasteiger partial charge in [0.25, 0.3) is 5.91 Å². The summed E-state index contributed by atoms with van der Waals surface area (Å²) in [6.45, 7) is 1.80. The number of hydrazone groups is 1. The van der Waals surface area contributed by atoms with E-state index in [0.717, 1.165) is 11.1 Å². The molecule has 2 heterocycles. The predicted octanol–water partition coefficient (Wildman–Crippen LogP) is 4.59. The summed E-state index contributed by atoms with van der Waals surface area (Å²) in [5.74, 6) is -0.678. The van der Waals surface area contributed by atoms with Crippen molar-refractivity contribution in [2.45, 2.75) is 6.92 Å². The molecule has 0 atom stereocenters. The summed E-state index contributed by atoms with van der Waals surface area (Å²) >= 11 is 0. The Kier molecular flexibility index (Phi) is 5.07. The molecular weight excluding hydrogens is 367 g/mol. The molecule has 29 heavy (non-hydrogen) atoms. The smallest absolute Gasteiger partial charge is 0.267 e. The molecule has 0 saturated heterocycles. The second-order valence-corrected chi connectivity index (χ2v) is 6.46. The highest BCUT2D eigenvalue weighted by Gasteiger charge is 2.14. The molecule has 4 aromatic rings. The fourth-order valence-corrected chi connectivity index (χ4v) is 2.97. The van der Waals surface area contributed by atoms with E-state index in [1.54, 1.807) is 37.5 Å². The van der Waals surface area contributed by atoms with Gasteiger partial charge in [-0.1, -0.05) is 24.3 Å². The van der Waals surface area contributed by atoms with Crippen LogP contribution in [0, 0.1) is 5.82 Å². The monoisotopic (exact) mass is 384 g/mol. The van der Waals surface area contributed by atoms with Crippen LogP contribution >= 0.6 is 0 Å². The Hall–Kier alpha value is -3.93. The molecule has 2 aromatic heterocycles. The van der Waals surface area contributed by atoms with Crippen LogP contribution in [-0.2, 0) is 0 Å². The number of para-hydroxylation sites is 1. The molecule has 0 aliphatic rings. The van der Waals surface area contributed by atoms with Crippen LogP contribution < -0.4 is 5.43 Å². The van der Waals surface area contributed by atoms with E-state index >= 15 is 0 Å². The molecular formula is C23H17FN4O. The summed E-state index contributed by atoms with van der Waals surface area (Å²) in [4.78, 5) is 21.6. The van der Waals surface area contributed by atoms with Gasteiger partial charge in [0.15, 0.2) is 0 Å². The van der Waals surface area contributed by atoms with Crippen LogP contribution in [0.2, 0.25) is 0 Å². The van der Waals surface area contributed by atoms with Gasteiger partial charge in [0, 0.05) is 28.9 Å². The maximum atomic E-state index is 13.3. The van der Waals surface area contributed by atoms with Gasteiger partial charge in [0.1, 0.15) is 5.82 Å². The average molecular weight is 384 g/mol. The lowest BCUT2D eigenvalue weighted by Gasteiger charge is -2.09. The molecule has 0 fully saturated rings. The predicted molar refractivity (Wildman–Crippen MR) is 111 cm³/mol. The summed E-state index contributed by atoms with van der Waals surface area (Å²) in [5, 5.41) is 4.91. The Morgan fingerprint density at radius 1 is 1.03 bits per heavy atom. The number of nitrogens with zero attached hydrogens (tertiary/aromatic N) is 3.